The number of aromatic nitrogens is 2. The third-order valence-electron chi connectivity index (χ3n) is 4.47. The fraction of sp³-hybridized carbons (Fsp3) is 0.0870. The lowest BCUT2D eigenvalue weighted by atomic mass is 10.0. The fourth-order valence-electron chi connectivity index (χ4n) is 3.02. The van der Waals surface area contributed by atoms with E-state index in [4.69, 9.17) is 4.84 Å². The van der Waals surface area contributed by atoms with Gasteiger partial charge in [-0.2, -0.15) is 0 Å². The highest BCUT2D eigenvalue weighted by Crippen LogP contribution is 2.17. The van der Waals surface area contributed by atoms with E-state index in [1.165, 1.54) is 0 Å². The van der Waals surface area contributed by atoms with Crippen molar-refractivity contribution in [1.82, 2.24) is 9.55 Å². The summed E-state index contributed by atoms with van der Waals surface area (Å²) in [4.78, 5) is 21.7. The van der Waals surface area contributed by atoms with Crippen molar-refractivity contribution in [3.63, 3.8) is 0 Å². The summed E-state index contributed by atoms with van der Waals surface area (Å²) in [5, 5.41) is 6.44. The van der Waals surface area contributed by atoms with Crippen LogP contribution in [0.15, 0.2) is 90.6 Å². The molecule has 0 N–H and O–H groups in total. The number of carbonyl (C=O) groups is 1. The molecule has 0 saturated heterocycles. The number of fused-ring (bicyclic) bond motifs is 1. The van der Waals surface area contributed by atoms with Gasteiger partial charge in [-0.3, -0.25) is 0 Å². The number of hydrogen-bond donors (Lipinski definition) is 0. The topological polar surface area (TPSA) is 56.5 Å². The van der Waals surface area contributed by atoms with Gasteiger partial charge < -0.3 is 9.40 Å². The Hall–Kier alpha value is -3.73. The van der Waals surface area contributed by atoms with Crippen LogP contribution < -0.4 is 0 Å². The maximum Gasteiger partial charge on any atom is 0.365 e. The molecule has 0 aliphatic carbocycles. The van der Waals surface area contributed by atoms with Crippen LogP contribution in [0.2, 0.25) is 0 Å². The number of hydrogen-bond acceptors (Lipinski definition) is 4. The summed E-state index contributed by atoms with van der Waals surface area (Å²) in [7, 11) is 0. The molecule has 0 atom stereocenters. The van der Waals surface area contributed by atoms with Crippen molar-refractivity contribution in [2.45, 2.75) is 13.5 Å². The van der Waals surface area contributed by atoms with Crippen LogP contribution in [-0.2, 0) is 11.4 Å². The minimum absolute atomic E-state index is 0.444. The zero-order chi connectivity index (χ0) is 19.3. The summed E-state index contributed by atoms with van der Waals surface area (Å²) in [6, 6.07) is 21.4. The Bertz CT molecular complexity index is 1150. The zero-order valence-corrected chi connectivity index (χ0v) is 15.4. The molecule has 0 saturated carbocycles. The van der Waals surface area contributed by atoms with Crippen molar-refractivity contribution < 1.29 is 9.63 Å². The molecule has 3 aromatic carbocycles. The number of nitrogens with zero attached hydrogens (tertiary/aromatic N) is 3. The van der Waals surface area contributed by atoms with Gasteiger partial charge in [-0.25, -0.2) is 9.78 Å². The van der Waals surface area contributed by atoms with Crippen molar-refractivity contribution >= 4 is 22.5 Å². The lowest BCUT2D eigenvalue weighted by Gasteiger charge is -2.09. The Morgan fingerprint density at radius 3 is 2.64 bits per heavy atom. The van der Waals surface area contributed by atoms with E-state index in [1.54, 1.807) is 24.7 Å². The van der Waals surface area contributed by atoms with E-state index in [-0.39, 0.29) is 0 Å². The lowest BCUT2D eigenvalue weighted by Crippen LogP contribution is -2.13. The molecule has 4 rings (SSSR count). The maximum atomic E-state index is 12.4. The quantitative estimate of drug-likeness (QED) is 0.293. The van der Waals surface area contributed by atoms with Crippen molar-refractivity contribution in [2.75, 3.05) is 0 Å². The van der Waals surface area contributed by atoms with Crippen LogP contribution in [0.1, 0.15) is 21.5 Å². The molecule has 5 heteroatoms. The molecule has 1 aromatic heterocycles. The molecule has 0 spiro atoms. The van der Waals surface area contributed by atoms with Crippen LogP contribution >= 0.6 is 0 Å². The highest BCUT2D eigenvalue weighted by atomic mass is 16.7. The van der Waals surface area contributed by atoms with Crippen LogP contribution in [0.5, 0.6) is 0 Å². The first kappa shape index (κ1) is 17.7. The van der Waals surface area contributed by atoms with Crippen LogP contribution in [0, 0.1) is 6.92 Å². The van der Waals surface area contributed by atoms with Crippen LogP contribution in [0.4, 0.5) is 0 Å². The highest BCUT2D eigenvalue weighted by Gasteiger charge is 2.11. The number of rotatable bonds is 5. The van der Waals surface area contributed by atoms with Crippen LogP contribution in [0.3, 0.4) is 0 Å². The number of oxime groups is 1. The second-order valence-corrected chi connectivity index (χ2v) is 6.58. The smallest absolute Gasteiger partial charge is 0.331 e. The summed E-state index contributed by atoms with van der Waals surface area (Å²) in [5.74, 6) is -0.479. The van der Waals surface area contributed by atoms with E-state index in [0.29, 0.717) is 17.8 Å². The minimum atomic E-state index is -0.479. The molecule has 0 fully saturated rings. The number of benzene rings is 3. The van der Waals surface area contributed by atoms with E-state index in [9.17, 15) is 4.79 Å². The number of aryl methyl sites for hydroxylation is 1. The second-order valence-electron chi connectivity index (χ2n) is 6.58. The molecular formula is C23H19N3O2. The van der Waals surface area contributed by atoms with Crippen molar-refractivity contribution in [3.05, 3.63) is 102 Å². The van der Waals surface area contributed by atoms with Crippen molar-refractivity contribution in [1.29, 1.82) is 0 Å². The molecular weight excluding hydrogens is 350 g/mol. The molecule has 5 nitrogen and oxygen atoms in total. The third kappa shape index (κ3) is 3.99. The van der Waals surface area contributed by atoms with Gasteiger partial charge in [0.2, 0.25) is 0 Å². The summed E-state index contributed by atoms with van der Waals surface area (Å²) in [6.07, 6.45) is 5.26. The maximum absolute atomic E-state index is 12.4. The van der Waals surface area contributed by atoms with Gasteiger partial charge in [0.1, 0.15) is 5.71 Å². The molecule has 0 radical (unpaired) electrons. The Morgan fingerprint density at radius 2 is 1.86 bits per heavy atom. The first-order chi connectivity index (χ1) is 13.7. The number of imidazole rings is 1. The molecule has 4 aromatic rings. The molecule has 138 valence electrons. The van der Waals surface area contributed by atoms with Gasteiger partial charge >= 0.3 is 5.97 Å². The number of carbonyl (C=O) groups excluding carboxylic acids is 1. The Kier molecular flexibility index (Phi) is 4.97. The molecule has 28 heavy (non-hydrogen) atoms. The van der Waals surface area contributed by atoms with E-state index in [0.717, 1.165) is 21.9 Å². The van der Waals surface area contributed by atoms with Gasteiger partial charge in [-0.1, -0.05) is 59.3 Å². The normalized spacial score (nSPS) is 11.5. The minimum Gasteiger partial charge on any atom is -0.331 e. The summed E-state index contributed by atoms with van der Waals surface area (Å²) in [6.45, 7) is 2.37. The van der Waals surface area contributed by atoms with Gasteiger partial charge in [0.15, 0.2) is 0 Å². The summed E-state index contributed by atoms with van der Waals surface area (Å²) >= 11 is 0. The highest BCUT2D eigenvalue weighted by molar-refractivity contribution is 6.03. The standard InChI is InChI=1S/C23H19N3O2/c1-17-5-4-8-21(13-17)23(27)28-25-22(15-26-12-11-24-16-26)20-10-9-18-6-2-3-7-19(18)14-20/h2-14,16H,15H2,1H3/b25-22-. The van der Waals surface area contributed by atoms with Gasteiger partial charge in [0.25, 0.3) is 0 Å². The molecule has 0 aliphatic heterocycles. The average Bonchev–Trinajstić information content (AvgIpc) is 3.23. The average molecular weight is 369 g/mol. The first-order valence-electron chi connectivity index (χ1n) is 8.99. The first-order valence-corrected chi connectivity index (χ1v) is 8.99. The van der Waals surface area contributed by atoms with Gasteiger partial charge in [0, 0.05) is 18.0 Å². The monoisotopic (exact) mass is 369 g/mol. The van der Waals surface area contributed by atoms with Gasteiger partial charge in [-0.15, -0.1) is 0 Å². The predicted octanol–water partition coefficient (Wildman–Crippen LogP) is 4.61. The van der Waals surface area contributed by atoms with Gasteiger partial charge in [-0.05, 0) is 35.9 Å². The van der Waals surface area contributed by atoms with Crippen LogP contribution in [-0.4, -0.2) is 21.2 Å². The molecule has 0 unspecified atom stereocenters. The van der Waals surface area contributed by atoms with E-state index < -0.39 is 5.97 Å². The molecule has 0 bridgehead atoms. The Labute approximate surface area is 162 Å². The molecule has 0 amide bonds. The predicted molar refractivity (Wildman–Crippen MR) is 109 cm³/mol. The fourth-order valence-corrected chi connectivity index (χ4v) is 3.02. The second kappa shape index (κ2) is 7.88. The van der Waals surface area contributed by atoms with E-state index in [2.05, 4.69) is 16.2 Å². The van der Waals surface area contributed by atoms with Gasteiger partial charge in [0.05, 0.1) is 18.4 Å². The summed E-state index contributed by atoms with van der Waals surface area (Å²) in [5.41, 5.74) is 3.00. The Balaban J connectivity index is 1.66. The Morgan fingerprint density at radius 1 is 1.00 bits per heavy atom. The zero-order valence-electron chi connectivity index (χ0n) is 15.4. The largest absolute Gasteiger partial charge is 0.365 e. The lowest BCUT2D eigenvalue weighted by molar-refractivity contribution is 0.0515. The van der Waals surface area contributed by atoms with E-state index >= 15 is 0 Å². The van der Waals surface area contributed by atoms with Crippen LogP contribution in [0.25, 0.3) is 10.8 Å². The summed E-state index contributed by atoms with van der Waals surface area (Å²) < 4.78 is 1.88. The SMILES string of the molecule is Cc1cccc(C(=O)O/N=C(/Cn2ccnc2)c2ccc3ccccc3c2)c1. The van der Waals surface area contributed by atoms with Crippen molar-refractivity contribution in [2.24, 2.45) is 5.16 Å². The third-order valence-corrected chi connectivity index (χ3v) is 4.47. The van der Waals surface area contributed by atoms with Crippen molar-refractivity contribution in [3.8, 4) is 0 Å². The molecule has 1 heterocycles. The van der Waals surface area contributed by atoms with E-state index in [1.807, 2.05) is 66.2 Å². The molecule has 0 aliphatic rings.